The van der Waals surface area contributed by atoms with Gasteiger partial charge in [-0.25, -0.2) is 0 Å². The molecule has 0 saturated carbocycles. The number of ketones is 1. The van der Waals surface area contributed by atoms with Gasteiger partial charge < -0.3 is 5.73 Å². The number of carbonyl (C=O) groups is 1. The van der Waals surface area contributed by atoms with E-state index in [1.807, 2.05) is 13.8 Å². The van der Waals surface area contributed by atoms with Crippen molar-refractivity contribution in [1.29, 1.82) is 5.26 Å². The second-order valence-electron chi connectivity index (χ2n) is 7.28. The molecule has 0 spiro atoms. The van der Waals surface area contributed by atoms with Gasteiger partial charge in [0.15, 0.2) is 5.78 Å². The van der Waals surface area contributed by atoms with Crippen molar-refractivity contribution in [3.63, 3.8) is 0 Å². The summed E-state index contributed by atoms with van der Waals surface area (Å²) < 4.78 is 0. The van der Waals surface area contributed by atoms with E-state index in [4.69, 9.17) is 28.9 Å². The average Bonchev–Trinajstić information content (AvgIpc) is 3.01. The molecule has 1 aromatic heterocycles. The number of thiophene rings is 1. The minimum absolute atomic E-state index is 0.0739. The fourth-order valence-corrected chi connectivity index (χ4v) is 5.51. The number of rotatable bonds is 2. The van der Waals surface area contributed by atoms with Crippen molar-refractivity contribution in [3.8, 4) is 6.07 Å². The van der Waals surface area contributed by atoms with E-state index >= 15 is 0 Å². The van der Waals surface area contributed by atoms with Crippen molar-refractivity contribution >= 4 is 46.0 Å². The zero-order chi connectivity index (χ0) is 20.9. The molecule has 1 aromatic carbocycles. The van der Waals surface area contributed by atoms with Crippen molar-refractivity contribution < 1.29 is 4.79 Å². The molecule has 2 aromatic rings. The molecule has 4 nitrogen and oxygen atoms in total. The minimum atomic E-state index is -0.424. The molecule has 7 heteroatoms. The van der Waals surface area contributed by atoms with Gasteiger partial charge in [-0.1, -0.05) is 23.2 Å². The molecule has 0 saturated heterocycles. The highest BCUT2D eigenvalue weighted by Gasteiger charge is 2.41. The number of aryl methyl sites for hydroxylation is 2. The Morgan fingerprint density at radius 3 is 2.59 bits per heavy atom. The van der Waals surface area contributed by atoms with E-state index in [-0.39, 0.29) is 5.78 Å². The summed E-state index contributed by atoms with van der Waals surface area (Å²) >= 11 is 14.0. The van der Waals surface area contributed by atoms with E-state index < -0.39 is 5.92 Å². The van der Waals surface area contributed by atoms with Crippen LogP contribution in [0.25, 0.3) is 0 Å². The Kier molecular flexibility index (Phi) is 5.20. The summed E-state index contributed by atoms with van der Waals surface area (Å²) in [5.41, 5.74) is 10.2. The number of nitrogens with zero attached hydrogens (tertiary/aromatic N) is 2. The molecule has 2 aliphatic rings. The Morgan fingerprint density at radius 1 is 1.21 bits per heavy atom. The maximum atomic E-state index is 13.1. The lowest BCUT2D eigenvalue weighted by Gasteiger charge is -2.39. The number of halogens is 2. The summed E-state index contributed by atoms with van der Waals surface area (Å²) in [6, 6.07) is 9.58. The molecule has 2 heterocycles. The monoisotopic (exact) mass is 443 g/mol. The maximum Gasteiger partial charge on any atom is 0.161 e. The first-order chi connectivity index (χ1) is 13.8. The predicted octanol–water partition coefficient (Wildman–Crippen LogP) is 5.98. The van der Waals surface area contributed by atoms with Crippen molar-refractivity contribution in [2.75, 3.05) is 4.90 Å². The van der Waals surface area contributed by atoms with Crippen LogP contribution in [-0.4, -0.2) is 5.78 Å². The smallest absolute Gasteiger partial charge is 0.161 e. The second-order valence-corrected chi connectivity index (χ2v) is 9.56. The van der Waals surface area contributed by atoms with Gasteiger partial charge in [0.1, 0.15) is 5.82 Å². The molecule has 0 radical (unpaired) electrons. The highest BCUT2D eigenvalue weighted by atomic mass is 35.5. The minimum Gasteiger partial charge on any atom is -0.384 e. The number of anilines is 1. The molecule has 0 fully saturated rings. The van der Waals surface area contributed by atoms with Crippen LogP contribution in [0.5, 0.6) is 0 Å². The first-order valence-corrected chi connectivity index (χ1v) is 10.9. The predicted molar refractivity (Wildman–Crippen MR) is 118 cm³/mol. The number of hydrogen-bond donors (Lipinski definition) is 1. The summed E-state index contributed by atoms with van der Waals surface area (Å²) in [6.45, 7) is 4.06. The van der Waals surface area contributed by atoms with Gasteiger partial charge in [-0.3, -0.25) is 9.69 Å². The lowest BCUT2D eigenvalue weighted by atomic mass is 9.75. The second kappa shape index (κ2) is 7.53. The lowest BCUT2D eigenvalue weighted by molar-refractivity contribution is -0.116. The molecule has 0 unspecified atom stereocenters. The normalized spacial score (nSPS) is 19.5. The molecule has 4 rings (SSSR count). The number of Topliss-reactive ketones (excluding diaryl/α,β-unsaturated/α-hetero) is 1. The molecule has 1 aliphatic carbocycles. The van der Waals surface area contributed by atoms with Gasteiger partial charge in [0.05, 0.1) is 27.6 Å². The molecule has 2 N–H and O–H groups in total. The largest absolute Gasteiger partial charge is 0.384 e. The van der Waals surface area contributed by atoms with Crippen LogP contribution in [0.3, 0.4) is 0 Å². The van der Waals surface area contributed by atoms with Crippen LogP contribution in [0.15, 0.2) is 46.9 Å². The van der Waals surface area contributed by atoms with Crippen LogP contribution >= 0.6 is 34.5 Å². The fourth-order valence-electron chi connectivity index (χ4n) is 4.25. The SMILES string of the molecule is Cc1cc([C@H]2C(C#N)=C(N)N(c3ccc(Cl)c(Cl)c3)C3=C2C(=O)CCC3)c(C)s1. The van der Waals surface area contributed by atoms with Gasteiger partial charge in [-0.05, 0) is 56.5 Å². The molecule has 1 atom stereocenters. The van der Waals surface area contributed by atoms with Gasteiger partial charge in [-0.2, -0.15) is 5.26 Å². The number of carbonyl (C=O) groups excluding carboxylic acids is 1. The maximum absolute atomic E-state index is 13.1. The highest BCUT2D eigenvalue weighted by molar-refractivity contribution is 7.12. The van der Waals surface area contributed by atoms with Gasteiger partial charge in [-0.15, -0.1) is 11.3 Å². The molecule has 148 valence electrons. The number of nitriles is 1. The van der Waals surface area contributed by atoms with Crippen LogP contribution in [-0.2, 0) is 4.79 Å². The van der Waals surface area contributed by atoms with Gasteiger partial charge in [0.25, 0.3) is 0 Å². The van der Waals surface area contributed by atoms with Crippen molar-refractivity contribution in [1.82, 2.24) is 0 Å². The summed E-state index contributed by atoms with van der Waals surface area (Å²) in [5.74, 6) is -0.0100. The highest BCUT2D eigenvalue weighted by Crippen LogP contribution is 2.48. The van der Waals surface area contributed by atoms with Crippen molar-refractivity contribution in [3.05, 3.63) is 72.3 Å². The third kappa shape index (κ3) is 3.26. The zero-order valence-electron chi connectivity index (χ0n) is 16.1. The first-order valence-electron chi connectivity index (χ1n) is 9.31. The molecule has 29 heavy (non-hydrogen) atoms. The fraction of sp³-hybridized carbons (Fsp3) is 0.273. The Bertz CT molecular complexity index is 1140. The van der Waals surface area contributed by atoms with Crippen molar-refractivity contribution in [2.24, 2.45) is 5.73 Å². The molecule has 0 bridgehead atoms. The quantitative estimate of drug-likeness (QED) is 0.619. The van der Waals surface area contributed by atoms with E-state index in [0.717, 1.165) is 27.4 Å². The number of allylic oxidation sites excluding steroid dienone is 3. The molecule has 0 amide bonds. The molecular formula is C22H19Cl2N3OS. The van der Waals surface area contributed by atoms with Crippen LogP contribution in [0, 0.1) is 25.2 Å². The van der Waals surface area contributed by atoms with E-state index in [9.17, 15) is 10.1 Å². The topological polar surface area (TPSA) is 70.1 Å². The Labute approximate surface area is 183 Å². The zero-order valence-corrected chi connectivity index (χ0v) is 18.4. The van der Waals surface area contributed by atoms with Crippen molar-refractivity contribution in [2.45, 2.75) is 39.0 Å². The Hall–Kier alpha value is -2.26. The van der Waals surface area contributed by atoms with E-state index in [0.29, 0.717) is 45.5 Å². The summed E-state index contributed by atoms with van der Waals surface area (Å²) in [6.07, 6.45) is 1.93. The van der Waals surface area contributed by atoms with Crippen LogP contribution in [0.2, 0.25) is 10.0 Å². The average molecular weight is 444 g/mol. The van der Waals surface area contributed by atoms with E-state index in [1.54, 1.807) is 34.4 Å². The Morgan fingerprint density at radius 2 is 1.97 bits per heavy atom. The van der Waals surface area contributed by atoms with Crippen LogP contribution in [0.4, 0.5) is 5.69 Å². The first kappa shape index (κ1) is 20.0. The summed E-state index contributed by atoms with van der Waals surface area (Å²) in [5, 5.41) is 10.9. The molecular weight excluding hydrogens is 425 g/mol. The van der Waals surface area contributed by atoms with Gasteiger partial charge in [0.2, 0.25) is 0 Å². The molecule has 1 aliphatic heterocycles. The Balaban J connectivity index is 1.99. The van der Waals surface area contributed by atoms with Crippen LogP contribution < -0.4 is 10.6 Å². The van der Waals surface area contributed by atoms with Gasteiger partial charge in [0, 0.05) is 33.1 Å². The van der Waals surface area contributed by atoms with E-state index in [2.05, 4.69) is 12.1 Å². The lowest BCUT2D eigenvalue weighted by Crippen LogP contribution is -2.38. The van der Waals surface area contributed by atoms with Crippen LogP contribution in [0.1, 0.15) is 40.5 Å². The number of benzene rings is 1. The van der Waals surface area contributed by atoms with E-state index in [1.165, 1.54) is 0 Å². The summed E-state index contributed by atoms with van der Waals surface area (Å²) in [4.78, 5) is 17.1. The number of nitrogens with two attached hydrogens (primary N) is 1. The number of hydrogen-bond acceptors (Lipinski definition) is 5. The third-order valence-corrected chi connectivity index (χ3v) is 7.19. The summed E-state index contributed by atoms with van der Waals surface area (Å²) in [7, 11) is 0. The standard InChI is InChI=1S/C22H19Cl2N3OS/c1-11-8-14(12(2)29-11)20-15(10-25)22(26)27(13-6-7-16(23)17(24)9-13)18-4-3-5-19(28)21(18)20/h6-9,20H,3-5,26H2,1-2H3/t20-/m0/s1. The van der Waals surface area contributed by atoms with Gasteiger partial charge >= 0.3 is 0 Å². The third-order valence-electron chi connectivity index (χ3n) is 5.47.